The van der Waals surface area contributed by atoms with Gasteiger partial charge in [-0.25, -0.2) is 14.4 Å². The Hall–Kier alpha value is -3.53. The Kier molecular flexibility index (Phi) is 7.69. The number of rotatable bonds is 8. The fourth-order valence-corrected chi connectivity index (χ4v) is 5.41. The molecule has 4 heterocycles. The number of halogens is 2. The summed E-state index contributed by atoms with van der Waals surface area (Å²) in [5.41, 5.74) is 4.06. The number of pyridine rings is 1. The number of hydrogen-bond donors (Lipinski definition) is 1. The maximum Gasteiger partial charge on any atom is 0.253 e. The van der Waals surface area contributed by atoms with Gasteiger partial charge in [-0.2, -0.15) is 0 Å². The molecule has 208 valence electrons. The van der Waals surface area contributed by atoms with Gasteiger partial charge in [0.1, 0.15) is 24.4 Å². The Morgan fingerprint density at radius 3 is 2.70 bits per heavy atom. The summed E-state index contributed by atoms with van der Waals surface area (Å²) < 4.78 is 27.3. The smallest absolute Gasteiger partial charge is 0.253 e. The highest BCUT2D eigenvalue weighted by molar-refractivity contribution is 6.30. The van der Waals surface area contributed by atoms with Crippen molar-refractivity contribution >= 4 is 34.2 Å². The van der Waals surface area contributed by atoms with Crippen LogP contribution in [-0.2, 0) is 29.7 Å². The van der Waals surface area contributed by atoms with Gasteiger partial charge in [0.05, 0.1) is 24.2 Å². The van der Waals surface area contributed by atoms with Crippen LogP contribution < -0.4 is 10.1 Å². The molecule has 0 bridgehead atoms. The van der Waals surface area contributed by atoms with E-state index in [4.69, 9.17) is 31.0 Å². The molecule has 0 aliphatic carbocycles. The number of anilines is 1. The molecule has 1 unspecified atom stereocenters. The van der Waals surface area contributed by atoms with Crippen molar-refractivity contribution in [3.63, 3.8) is 0 Å². The minimum atomic E-state index is -0.386. The van der Waals surface area contributed by atoms with Crippen LogP contribution in [0, 0.1) is 5.82 Å². The highest BCUT2D eigenvalue weighted by atomic mass is 35.5. The quantitative estimate of drug-likeness (QED) is 0.307. The average molecular weight is 564 g/mol. The Labute approximate surface area is 237 Å². The van der Waals surface area contributed by atoms with E-state index >= 15 is 0 Å². The molecule has 6 rings (SSSR count). The van der Waals surface area contributed by atoms with Crippen LogP contribution in [0.2, 0.25) is 5.02 Å². The number of imidazole rings is 1. The van der Waals surface area contributed by atoms with Crippen LogP contribution in [0.15, 0.2) is 54.6 Å². The van der Waals surface area contributed by atoms with Crippen LogP contribution in [0.25, 0.3) is 11.0 Å². The SMILES string of the molecule is Cn1c(CN2CCC(c3cccc(OCc4ccc(Cl)cc4F)n3)CC2)nc2cc(NC(=O)C3CCO3)ccc21. The predicted octanol–water partition coefficient (Wildman–Crippen LogP) is 5.45. The number of amides is 1. The second-order valence-corrected chi connectivity index (χ2v) is 10.8. The van der Waals surface area contributed by atoms with Crippen LogP contribution in [0.4, 0.5) is 10.1 Å². The lowest BCUT2D eigenvalue weighted by molar-refractivity contribution is -0.139. The topological polar surface area (TPSA) is 81.5 Å². The number of nitrogens with one attached hydrogen (secondary N) is 1. The molecule has 0 radical (unpaired) electrons. The van der Waals surface area contributed by atoms with E-state index in [0.717, 1.165) is 67.1 Å². The molecular weight excluding hydrogens is 533 g/mol. The standard InChI is InChI=1S/C30H31ClFN5O3/c1-36-26-8-7-22(33-30(38)27-11-14-39-27)16-25(26)34-28(36)17-37-12-9-19(10-13-37)24-3-2-4-29(35-24)40-18-20-5-6-21(31)15-23(20)32/h2-8,15-16,19,27H,9-14,17-18H2,1H3,(H,33,38). The number of likely N-dealkylation sites (tertiary alicyclic amines) is 1. The molecule has 2 aliphatic rings. The van der Waals surface area contributed by atoms with Crippen molar-refractivity contribution in [3.05, 3.63) is 82.5 Å². The van der Waals surface area contributed by atoms with Crippen molar-refractivity contribution in [2.24, 2.45) is 7.05 Å². The zero-order valence-corrected chi connectivity index (χ0v) is 23.0. The highest BCUT2D eigenvalue weighted by Gasteiger charge is 2.27. The van der Waals surface area contributed by atoms with Crippen LogP contribution in [-0.4, -0.2) is 51.1 Å². The first-order valence-corrected chi connectivity index (χ1v) is 13.9. The molecule has 2 aromatic carbocycles. The van der Waals surface area contributed by atoms with E-state index in [1.165, 1.54) is 6.07 Å². The summed E-state index contributed by atoms with van der Waals surface area (Å²) in [6, 6.07) is 16.2. The third-order valence-corrected chi connectivity index (χ3v) is 7.97. The van der Waals surface area contributed by atoms with E-state index in [0.29, 0.717) is 29.0 Å². The fraction of sp³-hybridized carbons (Fsp3) is 0.367. The zero-order valence-electron chi connectivity index (χ0n) is 22.3. The second-order valence-electron chi connectivity index (χ2n) is 10.4. The van der Waals surface area contributed by atoms with Gasteiger partial charge in [0.15, 0.2) is 0 Å². The van der Waals surface area contributed by atoms with Gasteiger partial charge in [-0.3, -0.25) is 9.69 Å². The molecule has 4 aromatic rings. The van der Waals surface area contributed by atoms with E-state index in [2.05, 4.69) is 14.8 Å². The van der Waals surface area contributed by atoms with Crippen LogP contribution in [0.1, 0.15) is 42.3 Å². The van der Waals surface area contributed by atoms with Crippen LogP contribution >= 0.6 is 11.6 Å². The van der Waals surface area contributed by atoms with Crippen molar-refractivity contribution in [2.45, 2.75) is 44.4 Å². The fourth-order valence-electron chi connectivity index (χ4n) is 5.25. The Bertz CT molecular complexity index is 1530. The maximum atomic E-state index is 14.1. The van der Waals surface area contributed by atoms with E-state index in [-0.39, 0.29) is 24.4 Å². The number of nitrogens with zero attached hydrogens (tertiary/aromatic N) is 4. The third-order valence-electron chi connectivity index (χ3n) is 7.74. The first kappa shape index (κ1) is 26.7. The van der Waals surface area contributed by atoms with Crippen molar-refractivity contribution in [1.29, 1.82) is 0 Å². The summed E-state index contributed by atoms with van der Waals surface area (Å²) in [7, 11) is 2.03. The molecule has 8 nitrogen and oxygen atoms in total. The minimum Gasteiger partial charge on any atom is -0.473 e. The number of aryl methyl sites for hydroxylation is 1. The zero-order chi connectivity index (χ0) is 27.6. The van der Waals surface area contributed by atoms with Gasteiger partial charge in [0.2, 0.25) is 5.88 Å². The Balaban J connectivity index is 1.05. The van der Waals surface area contributed by atoms with E-state index in [1.807, 2.05) is 37.4 Å². The van der Waals surface area contributed by atoms with Crippen LogP contribution in [0.3, 0.4) is 0 Å². The number of carbonyl (C=O) groups excluding carboxylic acids is 1. The number of fused-ring (bicyclic) bond motifs is 1. The molecule has 2 aromatic heterocycles. The van der Waals surface area contributed by atoms with Crippen LogP contribution in [0.5, 0.6) is 5.88 Å². The third kappa shape index (κ3) is 5.82. The maximum absolute atomic E-state index is 14.1. The molecule has 2 saturated heterocycles. The Morgan fingerprint density at radius 1 is 1.12 bits per heavy atom. The second kappa shape index (κ2) is 11.5. The van der Waals surface area contributed by atoms with Gasteiger partial charge >= 0.3 is 0 Å². The normalized spacial score (nSPS) is 18.0. The Morgan fingerprint density at radius 2 is 1.95 bits per heavy atom. The number of benzene rings is 2. The molecule has 2 aliphatic heterocycles. The summed E-state index contributed by atoms with van der Waals surface area (Å²) in [6.45, 7) is 3.35. The summed E-state index contributed by atoms with van der Waals surface area (Å²) >= 11 is 5.84. The van der Waals surface area contributed by atoms with Gasteiger partial charge < -0.3 is 19.4 Å². The van der Waals surface area contributed by atoms with E-state index in [1.54, 1.807) is 18.2 Å². The van der Waals surface area contributed by atoms with Gasteiger partial charge in [-0.05, 0) is 62.3 Å². The highest BCUT2D eigenvalue weighted by Crippen LogP contribution is 2.29. The molecule has 1 N–H and O–H groups in total. The molecule has 0 saturated carbocycles. The number of aromatic nitrogens is 3. The van der Waals surface area contributed by atoms with Crippen molar-refractivity contribution in [2.75, 3.05) is 25.0 Å². The predicted molar refractivity (Wildman–Crippen MR) is 151 cm³/mol. The molecule has 40 heavy (non-hydrogen) atoms. The summed E-state index contributed by atoms with van der Waals surface area (Å²) in [5.74, 6) is 1.32. The van der Waals surface area contributed by atoms with Crippen molar-refractivity contribution in [3.8, 4) is 5.88 Å². The lowest BCUT2D eigenvalue weighted by Gasteiger charge is -2.31. The summed E-state index contributed by atoms with van der Waals surface area (Å²) in [5, 5.41) is 3.29. The van der Waals surface area contributed by atoms with Gasteiger partial charge in [-0.1, -0.05) is 23.7 Å². The van der Waals surface area contributed by atoms with Gasteiger partial charge in [0, 0.05) is 47.4 Å². The molecule has 1 atom stereocenters. The van der Waals surface area contributed by atoms with E-state index < -0.39 is 0 Å². The lowest BCUT2D eigenvalue weighted by atomic mass is 9.93. The minimum absolute atomic E-state index is 0.0959. The van der Waals surface area contributed by atoms with Gasteiger partial charge in [-0.15, -0.1) is 0 Å². The number of ether oxygens (including phenoxy) is 2. The molecular formula is C30H31ClFN5O3. The van der Waals surface area contributed by atoms with Crippen molar-refractivity contribution < 1.29 is 18.7 Å². The molecule has 0 spiro atoms. The first-order chi connectivity index (χ1) is 19.4. The molecule has 10 heteroatoms. The largest absolute Gasteiger partial charge is 0.473 e. The van der Waals surface area contributed by atoms with Crippen molar-refractivity contribution in [1.82, 2.24) is 19.4 Å². The number of piperidine rings is 1. The lowest BCUT2D eigenvalue weighted by Crippen LogP contribution is -2.38. The van der Waals surface area contributed by atoms with E-state index in [9.17, 15) is 9.18 Å². The number of hydrogen-bond acceptors (Lipinski definition) is 6. The molecule has 2 fully saturated rings. The summed E-state index contributed by atoms with van der Waals surface area (Å²) in [4.78, 5) is 24.2. The summed E-state index contributed by atoms with van der Waals surface area (Å²) in [6.07, 6.45) is 2.37. The number of carbonyl (C=O) groups is 1. The van der Waals surface area contributed by atoms with Gasteiger partial charge in [0.25, 0.3) is 5.91 Å². The average Bonchev–Trinajstić information content (AvgIpc) is 3.22. The molecule has 1 amide bonds. The first-order valence-electron chi connectivity index (χ1n) is 13.6. The monoisotopic (exact) mass is 563 g/mol.